The summed E-state index contributed by atoms with van der Waals surface area (Å²) in [5, 5.41) is 3.35. The van der Waals surface area contributed by atoms with E-state index in [-0.39, 0.29) is 0 Å². The van der Waals surface area contributed by atoms with Crippen molar-refractivity contribution in [3.05, 3.63) is 31.0 Å². The Balaban J connectivity index is 2.02. The molecule has 0 saturated heterocycles. The lowest BCUT2D eigenvalue weighted by Gasteiger charge is -2.10. The van der Waals surface area contributed by atoms with Crippen LogP contribution >= 0.6 is 0 Å². The average molecular weight is 313 g/mol. The van der Waals surface area contributed by atoms with Crippen molar-refractivity contribution >= 4 is 17.4 Å². The SMILES string of the molecule is COCCNc1c(-c2cnc(N(C)C)nc2)nc2cnccn12. The van der Waals surface area contributed by atoms with Gasteiger partial charge in [0.1, 0.15) is 11.5 Å². The van der Waals surface area contributed by atoms with Gasteiger partial charge < -0.3 is 15.0 Å². The maximum Gasteiger partial charge on any atom is 0.224 e. The molecule has 0 radical (unpaired) electrons. The van der Waals surface area contributed by atoms with Gasteiger partial charge in [0, 0.05) is 58.1 Å². The molecule has 0 unspecified atom stereocenters. The number of imidazole rings is 1. The van der Waals surface area contributed by atoms with E-state index in [1.165, 1.54) is 0 Å². The molecule has 3 heterocycles. The van der Waals surface area contributed by atoms with E-state index in [9.17, 15) is 0 Å². The first-order valence-corrected chi connectivity index (χ1v) is 7.25. The average Bonchev–Trinajstić information content (AvgIpc) is 2.94. The molecule has 1 N–H and O–H groups in total. The third-order valence-corrected chi connectivity index (χ3v) is 3.34. The van der Waals surface area contributed by atoms with Crippen LogP contribution in [0.15, 0.2) is 31.0 Å². The predicted molar refractivity (Wildman–Crippen MR) is 88.7 cm³/mol. The lowest BCUT2D eigenvalue weighted by Crippen LogP contribution is -2.12. The molecule has 0 aliphatic rings. The Kier molecular flexibility index (Phi) is 4.33. The minimum atomic E-state index is 0.605. The van der Waals surface area contributed by atoms with Crippen molar-refractivity contribution in [1.82, 2.24) is 24.3 Å². The number of fused-ring (bicyclic) bond motifs is 1. The van der Waals surface area contributed by atoms with Crippen LogP contribution in [0.3, 0.4) is 0 Å². The van der Waals surface area contributed by atoms with Gasteiger partial charge in [-0.15, -0.1) is 0 Å². The van der Waals surface area contributed by atoms with Gasteiger partial charge in [0.2, 0.25) is 5.95 Å². The Morgan fingerprint density at radius 3 is 2.70 bits per heavy atom. The third-order valence-electron chi connectivity index (χ3n) is 3.34. The number of hydrogen-bond acceptors (Lipinski definition) is 7. The molecule has 23 heavy (non-hydrogen) atoms. The van der Waals surface area contributed by atoms with Crippen molar-refractivity contribution in [2.75, 3.05) is 44.6 Å². The van der Waals surface area contributed by atoms with E-state index < -0.39 is 0 Å². The second kappa shape index (κ2) is 6.57. The molecule has 3 aromatic rings. The van der Waals surface area contributed by atoms with Crippen LogP contribution in [0, 0.1) is 0 Å². The molecule has 8 nitrogen and oxygen atoms in total. The number of aromatic nitrogens is 5. The van der Waals surface area contributed by atoms with Gasteiger partial charge >= 0.3 is 0 Å². The van der Waals surface area contributed by atoms with E-state index >= 15 is 0 Å². The summed E-state index contributed by atoms with van der Waals surface area (Å²) in [6.07, 6.45) is 8.87. The molecule has 0 amide bonds. The van der Waals surface area contributed by atoms with Gasteiger partial charge in [0.25, 0.3) is 0 Å². The molecule has 0 spiro atoms. The number of rotatable bonds is 6. The van der Waals surface area contributed by atoms with E-state index in [1.54, 1.807) is 31.9 Å². The van der Waals surface area contributed by atoms with Crippen molar-refractivity contribution < 1.29 is 4.74 Å². The Labute approximate surface area is 134 Å². The van der Waals surface area contributed by atoms with Crippen LogP contribution in [-0.4, -0.2) is 58.7 Å². The van der Waals surface area contributed by atoms with Gasteiger partial charge in [-0.2, -0.15) is 0 Å². The molecule has 0 aliphatic carbocycles. The Morgan fingerprint density at radius 2 is 2.00 bits per heavy atom. The number of methoxy groups -OCH3 is 1. The van der Waals surface area contributed by atoms with Crippen LogP contribution < -0.4 is 10.2 Å². The van der Waals surface area contributed by atoms with Crippen LogP contribution in [0.1, 0.15) is 0 Å². The molecule has 0 bridgehead atoms. The number of nitrogens with zero attached hydrogens (tertiary/aromatic N) is 6. The Bertz CT molecular complexity index is 782. The second-order valence-corrected chi connectivity index (χ2v) is 5.20. The highest BCUT2D eigenvalue weighted by molar-refractivity contribution is 5.75. The number of anilines is 2. The standard InChI is InChI=1S/C15H19N7O/c1-21(2)15-18-8-11(9-19-15)13-14(17-5-7-23-3)22-6-4-16-10-12(22)20-13/h4,6,8-10,17H,5,7H2,1-3H3. The smallest absolute Gasteiger partial charge is 0.224 e. The van der Waals surface area contributed by atoms with Crippen molar-refractivity contribution in [1.29, 1.82) is 0 Å². The van der Waals surface area contributed by atoms with Crippen LogP contribution in [0.2, 0.25) is 0 Å². The monoisotopic (exact) mass is 313 g/mol. The topological polar surface area (TPSA) is 80.5 Å². The quantitative estimate of drug-likeness (QED) is 0.687. The zero-order valence-corrected chi connectivity index (χ0v) is 13.4. The molecule has 120 valence electrons. The number of hydrogen-bond donors (Lipinski definition) is 1. The molecule has 0 aliphatic heterocycles. The highest BCUT2D eigenvalue weighted by Gasteiger charge is 2.15. The summed E-state index contributed by atoms with van der Waals surface area (Å²) < 4.78 is 7.06. The van der Waals surface area contributed by atoms with Crippen molar-refractivity contribution in [2.24, 2.45) is 0 Å². The van der Waals surface area contributed by atoms with Gasteiger partial charge in [-0.1, -0.05) is 0 Å². The minimum Gasteiger partial charge on any atom is -0.383 e. The molecule has 3 aromatic heterocycles. The molecular formula is C15H19N7O. The van der Waals surface area contributed by atoms with Gasteiger partial charge in [0.15, 0.2) is 5.65 Å². The maximum atomic E-state index is 5.11. The van der Waals surface area contributed by atoms with Crippen LogP contribution in [0.4, 0.5) is 11.8 Å². The first kappa shape index (κ1) is 15.2. The van der Waals surface area contributed by atoms with Gasteiger partial charge in [-0.25, -0.2) is 15.0 Å². The molecule has 0 saturated carbocycles. The molecule has 8 heteroatoms. The van der Waals surface area contributed by atoms with Crippen LogP contribution in [-0.2, 0) is 4.74 Å². The lowest BCUT2D eigenvalue weighted by molar-refractivity contribution is 0.210. The van der Waals surface area contributed by atoms with Gasteiger partial charge in [0.05, 0.1) is 12.8 Å². The fourth-order valence-electron chi connectivity index (χ4n) is 2.22. The van der Waals surface area contributed by atoms with Crippen molar-refractivity contribution in [2.45, 2.75) is 0 Å². The summed E-state index contributed by atoms with van der Waals surface area (Å²) >= 11 is 0. The van der Waals surface area contributed by atoms with Crippen LogP contribution in [0.5, 0.6) is 0 Å². The number of nitrogens with one attached hydrogen (secondary N) is 1. The summed E-state index contributed by atoms with van der Waals surface area (Å²) in [5.41, 5.74) is 2.40. The van der Waals surface area contributed by atoms with E-state index in [1.807, 2.05) is 29.6 Å². The lowest BCUT2D eigenvalue weighted by atomic mass is 10.2. The summed E-state index contributed by atoms with van der Waals surface area (Å²) in [6.45, 7) is 1.28. The fraction of sp³-hybridized carbons (Fsp3) is 0.333. The first-order valence-electron chi connectivity index (χ1n) is 7.25. The minimum absolute atomic E-state index is 0.605. The fourth-order valence-corrected chi connectivity index (χ4v) is 2.22. The van der Waals surface area contributed by atoms with Crippen molar-refractivity contribution in [3.8, 4) is 11.3 Å². The Morgan fingerprint density at radius 1 is 1.22 bits per heavy atom. The summed E-state index contributed by atoms with van der Waals surface area (Å²) in [4.78, 5) is 19.3. The first-order chi connectivity index (χ1) is 11.2. The van der Waals surface area contributed by atoms with E-state index in [4.69, 9.17) is 4.74 Å². The predicted octanol–water partition coefficient (Wildman–Crippen LogP) is 1.31. The van der Waals surface area contributed by atoms with E-state index in [0.29, 0.717) is 19.1 Å². The molecule has 0 aromatic carbocycles. The molecule has 0 atom stereocenters. The zero-order valence-electron chi connectivity index (χ0n) is 13.4. The maximum absolute atomic E-state index is 5.11. The van der Waals surface area contributed by atoms with Gasteiger partial charge in [-0.05, 0) is 0 Å². The second-order valence-electron chi connectivity index (χ2n) is 5.20. The number of ether oxygens (including phenoxy) is 1. The van der Waals surface area contributed by atoms with Crippen molar-refractivity contribution in [3.63, 3.8) is 0 Å². The highest BCUT2D eigenvalue weighted by Crippen LogP contribution is 2.27. The third kappa shape index (κ3) is 3.07. The largest absolute Gasteiger partial charge is 0.383 e. The zero-order chi connectivity index (χ0) is 16.2. The molecular weight excluding hydrogens is 294 g/mol. The molecule has 0 fully saturated rings. The van der Waals surface area contributed by atoms with E-state index in [2.05, 4.69) is 25.3 Å². The Hall–Kier alpha value is -2.74. The normalized spacial score (nSPS) is 10.9. The summed E-state index contributed by atoms with van der Waals surface area (Å²) in [5.74, 6) is 1.54. The summed E-state index contributed by atoms with van der Waals surface area (Å²) in [7, 11) is 5.49. The van der Waals surface area contributed by atoms with E-state index in [0.717, 1.165) is 22.7 Å². The van der Waals surface area contributed by atoms with Gasteiger partial charge in [-0.3, -0.25) is 9.38 Å². The highest BCUT2D eigenvalue weighted by atomic mass is 16.5. The van der Waals surface area contributed by atoms with Crippen LogP contribution in [0.25, 0.3) is 16.9 Å². The summed E-state index contributed by atoms with van der Waals surface area (Å²) in [6, 6.07) is 0. The molecule has 3 rings (SSSR count).